The smallest absolute Gasteiger partial charge is 0.248 e. The van der Waals surface area contributed by atoms with Crippen molar-refractivity contribution in [1.29, 1.82) is 0 Å². The maximum absolute atomic E-state index is 10.9. The first-order valence-electron chi connectivity index (χ1n) is 5.71. The molecule has 0 spiro atoms. The van der Waals surface area contributed by atoms with Crippen molar-refractivity contribution >= 4 is 11.6 Å². The summed E-state index contributed by atoms with van der Waals surface area (Å²) >= 11 is 0. The summed E-state index contributed by atoms with van der Waals surface area (Å²) in [6, 6.07) is 13.0. The van der Waals surface area contributed by atoms with Gasteiger partial charge in [-0.15, -0.1) is 0 Å². The van der Waals surface area contributed by atoms with Gasteiger partial charge in [0.25, 0.3) is 0 Å². The normalized spacial score (nSPS) is 10.1. The molecule has 2 aromatic rings. The number of carbonyl (C=O) groups is 1. The van der Waals surface area contributed by atoms with Gasteiger partial charge in [0, 0.05) is 16.9 Å². The minimum Gasteiger partial charge on any atom is -0.379 e. The molecule has 92 valence electrons. The lowest BCUT2D eigenvalue weighted by molar-refractivity contribution is 0.100. The Hall–Kier alpha value is -2.36. The zero-order chi connectivity index (χ0) is 13.0. The number of amides is 1. The maximum Gasteiger partial charge on any atom is 0.248 e. The van der Waals surface area contributed by atoms with Crippen LogP contribution in [0.5, 0.6) is 0 Å². The molecule has 2 rings (SSSR count). The van der Waals surface area contributed by atoms with Crippen LogP contribution < -0.4 is 11.1 Å². The maximum atomic E-state index is 10.9. The highest BCUT2D eigenvalue weighted by Gasteiger charge is 2.00. The van der Waals surface area contributed by atoms with Crippen molar-refractivity contribution in [2.45, 2.75) is 13.5 Å². The van der Waals surface area contributed by atoms with Crippen LogP contribution in [0.1, 0.15) is 21.7 Å². The zero-order valence-electron chi connectivity index (χ0n) is 10.2. The monoisotopic (exact) mass is 241 g/mol. The molecule has 0 bridgehead atoms. The Morgan fingerprint density at radius 2 is 1.94 bits per heavy atom. The number of anilines is 1. The average Bonchev–Trinajstić information content (AvgIpc) is 2.37. The Morgan fingerprint density at radius 3 is 2.56 bits per heavy atom. The molecular weight excluding hydrogens is 226 g/mol. The van der Waals surface area contributed by atoms with Crippen molar-refractivity contribution in [2.24, 2.45) is 5.73 Å². The van der Waals surface area contributed by atoms with Crippen molar-refractivity contribution in [1.82, 2.24) is 4.98 Å². The van der Waals surface area contributed by atoms with Crippen molar-refractivity contribution in [3.63, 3.8) is 0 Å². The lowest BCUT2D eigenvalue weighted by Gasteiger charge is -2.06. The molecule has 4 heteroatoms. The van der Waals surface area contributed by atoms with Gasteiger partial charge in [-0.25, -0.2) is 0 Å². The second-order valence-electron chi connectivity index (χ2n) is 4.07. The van der Waals surface area contributed by atoms with Crippen LogP contribution in [0.15, 0.2) is 42.5 Å². The van der Waals surface area contributed by atoms with Crippen LogP contribution in [-0.4, -0.2) is 10.9 Å². The fourth-order valence-electron chi connectivity index (χ4n) is 1.64. The molecule has 4 nitrogen and oxygen atoms in total. The highest BCUT2D eigenvalue weighted by Crippen LogP contribution is 2.10. The largest absolute Gasteiger partial charge is 0.379 e. The number of aromatic nitrogens is 1. The van der Waals surface area contributed by atoms with Crippen LogP contribution >= 0.6 is 0 Å². The Bertz CT molecular complexity index is 549. The Balaban J connectivity index is 2.00. The SMILES string of the molecule is Cc1cccc(CNc2ccc(C(N)=O)cc2)n1. The van der Waals surface area contributed by atoms with Crippen molar-refractivity contribution < 1.29 is 4.79 Å². The fourth-order valence-corrected chi connectivity index (χ4v) is 1.64. The molecule has 0 aliphatic carbocycles. The third-order valence-electron chi connectivity index (χ3n) is 2.59. The predicted octanol–water partition coefficient (Wildman–Crippen LogP) is 2.10. The summed E-state index contributed by atoms with van der Waals surface area (Å²) in [4.78, 5) is 15.3. The Morgan fingerprint density at radius 1 is 1.22 bits per heavy atom. The van der Waals surface area contributed by atoms with Gasteiger partial charge in [0.2, 0.25) is 5.91 Å². The number of primary amides is 1. The van der Waals surface area contributed by atoms with E-state index in [1.54, 1.807) is 12.1 Å². The van der Waals surface area contributed by atoms with E-state index in [0.717, 1.165) is 17.1 Å². The molecule has 0 aliphatic rings. The third-order valence-corrected chi connectivity index (χ3v) is 2.59. The van der Waals surface area contributed by atoms with Crippen LogP contribution in [0, 0.1) is 6.92 Å². The molecule has 0 saturated carbocycles. The molecule has 0 radical (unpaired) electrons. The van der Waals surface area contributed by atoms with Gasteiger partial charge >= 0.3 is 0 Å². The second-order valence-corrected chi connectivity index (χ2v) is 4.07. The van der Waals surface area contributed by atoms with Crippen LogP contribution in [-0.2, 0) is 6.54 Å². The number of benzene rings is 1. The summed E-state index contributed by atoms with van der Waals surface area (Å²) in [5.41, 5.74) is 8.60. The molecular formula is C14H15N3O. The summed E-state index contributed by atoms with van der Waals surface area (Å²) in [5, 5.41) is 3.24. The average molecular weight is 241 g/mol. The van der Waals surface area contributed by atoms with E-state index < -0.39 is 5.91 Å². The van der Waals surface area contributed by atoms with Gasteiger partial charge < -0.3 is 11.1 Å². The molecule has 1 aromatic carbocycles. The topological polar surface area (TPSA) is 68.0 Å². The van der Waals surface area contributed by atoms with Gasteiger partial charge in [-0.3, -0.25) is 9.78 Å². The van der Waals surface area contributed by atoms with Gasteiger partial charge in [0.1, 0.15) is 0 Å². The quantitative estimate of drug-likeness (QED) is 0.861. The molecule has 1 aromatic heterocycles. The third kappa shape index (κ3) is 3.07. The molecule has 0 aliphatic heterocycles. The Labute approximate surface area is 106 Å². The summed E-state index contributed by atoms with van der Waals surface area (Å²) in [6.45, 7) is 2.61. The van der Waals surface area contributed by atoms with Crippen LogP contribution in [0.3, 0.4) is 0 Å². The second kappa shape index (κ2) is 5.31. The number of nitrogens with two attached hydrogens (primary N) is 1. The van der Waals surface area contributed by atoms with E-state index in [-0.39, 0.29) is 0 Å². The van der Waals surface area contributed by atoms with Gasteiger partial charge in [0.15, 0.2) is 0 Å². The van der Waals surface area contributed by atoms with Crippen LogP contribution in [0.25, 0.3) is 0 Å². The lowest BCUT2D eigenvalue weighted by Crippen LogP contribution is -2.10. The zero-order valence-corrected chi connectivity index (χ0v) is 10.2. The molecule has 18 heavy (non-hydrogen) atoms. The van der Waals surface area contributed by atoms with E-state index in [2.05, 4.69) is 10.3 Å². The predicted molar refractivity (Wildman–Crippen MR) is 71.3 cm³/mol. The molecule has 0 fully saturated rings. The number of nitrogens with zero attached hydrogens (tertiary/aromatic N) is 1. The highest BCUT2D eigenvalue weighted by molar-refractivity contribution is 5.93. The first-order valence-corrected chi connectivity index (χ1v) is 5.71. The van der Waals surface area contributed by atoms with E-state index in [9.17, 15) is 4.79 Å². The number of aryl methyl sites for hydroxylation is 1. The lowest BCUT2D eigenvalue weighted by atomic mass is 10.2. The van der Waals surface area contributed by atoms with Crippen LogP contribution in [0.2, 0.25) is 0 Å². The van der Waals surface area contributed by atoms with E-state index in [1.807, 2.05) is 37.3 Å². The van der Waals surface area contributed by atoms with Crippen molar-refractivity contribution in [2.75, 3.05) is 5.32 Å². The molecule has 1 heterocycles. The standard InChI is InChI=1S/C14H15N3O/c1-10-3-2-4-13(17-10)9-16-12-7-5-11(6-8-12)14(15)18/h2-8,16H,9H2,1H3,(H2,15,18). The van der Waals surface area contributed by atoms with E-state index in [1.165, 1.54) is 0 Å². The minimum atomic E-state index is -0.415. The highest BCUT2D eigenvalue weighted by atomic mass is 16.1. The van der Waals surface area contributed by atoms with Gasteiger partial charge in [-0.1, -0.05) is 6.07 Å². The van der Waals surface area contributed by atoms with Gasteiger partial charge in [-0.05, 0) is 43.3 Å². The van der Waals surface area contributed by atoms with Gasteiger partial charge in [-0.2, -0.15) is 0 Å². The number of hydrogen-bond acceptors (Lipinski definition) is 3. The molecule has 1 amide bonds. The fraction of sp³-hybridized carbons (Fsp3) is 0.143. The number of pyridine rings is 1. The minimum absolute atomic E-state index is 0.415. The van der Waals surface area contributed by atoms with Crippen LogP contribution in [0.4, 0.5) is 5.69 Å². The number of carbonyl (C=O) groups excluding carboxylic acids is 1. The summed E-state index contributed by atoms with van der Waals surface area (Å²) < 4.78 is 0. The van der Waals surface area contributed by atoms with E-state index in [0.29, 0.717) is 12.1 Å². The molecule has 0 saturated heterocycles. The molecule has 0 unspecified atom stereocenters. The number of rotatable bonds is 4. The summed E-state index contributed by atoms with van der Waals surface area (Å²) in [7, 11) is 0. The number of nitrogens with one attached hydrogen (secondary N) is 1. The first-order chi connectivity index (χ1) is 8.65. The first kappa shape index (κ1) is 12.1. The summed E-state index contributed by atoms with van der Waals surface area (Å²) in [6.07, 6.45) is 0. The van der Waals surface area contributed by atoms with Crippen molar-refractivity contribution in [3.05, 3.63) is 59.4 Å². The molecule has 0 atom stereocenters. The Kier molecular flexibility index (Phi) is 3.57. The number of hydrogen-bond donors (Lipinski definition) is 2. The van der Waals surface area contributed by atoms with Gasteiger partial charge in [0.05, 0.1) is 12.2 Å². The van der Waals surface area contributed by atoms with E-state index in [4.69, 9.17) is 5.73 Å². The van der Waals surface area contributed by atoms with Crippen molar-refractivity contribution in [3.8, 4) is 0 Å². The molecule has 3 N–H and O–H groups in total. The van der Waals surface area contributed by atoms with E-state index >= 15 is 0 Å². The summed E-state index contributed by atoms with van der Waals surface area (Å²) in [5.74, 6) is -0.415.